The van der Waals surface area contributed by atoms with Crippen LogP contribution in [-0.4, -0.2) is 17.9 Å². The Morgan fingerprint density at radius 3 is 2.36 bits per heavy atom. The predicted octanol–water partition coefficient (Wildman–Crippen LogP) is 2.62. The highest BCUT2D eigenvalue weighted by atomic mass is 16.2. The van der Waals surface area contributed by atoms with E-state index in [1.165, 1.54) is 12.3 Å². The molecule has 0 saturated heterocycles. The normalized spacial score (nSPS) is 12.2. The van der Waals surface area contributed by atoms with Crippen molar-refractivity contribution < 1.29 is 9.59 Å². The van der Waals surface area contributed by atoms with Gasteiger partial charge in [-0.05, 0) is 28.3 Å². The molecule has 0 radical (unpaired) electrons. The molecule has 0 spiro atoms. The summed E-state index contributed by atoms with van der Waals surface area (Å²) in [5, 5.41) is 7.92. The van der Waals surface area contributed by atoms with E-state index in [0.717, 1.165) is 10.9 Å². The van der Waals surface area contributed by atoms with Crippen LogP contribution in [0, 0.1) is 5.92 Å². The van der Waals surface area contributed by atoms with Crippen molar-refractivity contribution in [3.05, 3.63) is 48.0 Å². The number of amides is 2. The minimum absolute atomic E-state index is 0.0421. The van der Waals surface area contributed by atoms with Crippen molar-refractivity contribution in [3.8, 4) is 0 Å². The number of fused-ring (bicyclic) bond motifs is 1. The van der Waals surface area contributed by atoms with Gasteiger partial charge in [-0.15, -0.1) is 0 Å². The van der Waals surface area contributed by atoms with Gasteiger partial charge in [-0.3, -0.25) is 9.59 Å². The zero-order valence-electron chi connectivity index (χ0n) is 13.2. The number of hydrogen-bond donors (Lipinski definition) is 2. The van der Waals surface area contributed by atoms with E-state index in [2.05, 4.69) is 28.8 Å². The fourth-order valence-electron chi connectivity index (χ4n) is 2.40. The molecule has 0 saturated carbocycles. The molecule has 0 heterocycles. The Bertz CT molecular complexity index is 680. The van der Waals surface area contributed by atoms with E-state index in [-0.39, 0.29) is 17.7 Å². The van der Waals surface area contributed by atoms with Crippen LogP contribution in [0.4, 0.5) is 0 Å². The van der Waals surface area contributed by atoms with E-state index >= 15 is 0 Å². The van der Waals surface area contributed by atoms with E-state index in [4.69, 9.17) is 0 Å². The van der Waals surface area contributed by atoms with Crippen molar-refractivity contribution in [2.45, 2.75) is 33.4 Å². The van der Waals surface area contributed by atoms with Crippen molar-refractivity contribution in [1.29, 1.82) is 0 Å². The van der Waals surface area contributed by atoms with Gasteiger partial charge in [0.05, 0.1) is 0 Å². The average molecular weight is 298 g/mol. The van der Waals surface area contributed by atoms with Crippen LogP contribution in [0.15, 0.2) is 42.5 Å². The Labute approximate surface area is 130 Å². The Morgan fingerprint density at radius 1 is 1.05 bits per heavy atom. The average Bonchev–Trinajstić information content (AvgIpc) is 2.49. The van der Waals surface area contributed by atoms with Crippen LogP contribution >= 0.6 is 0 Å². The number of hydrogen-bond acceptors (Lipinski definition) is 2. The first-order chi connectivity index (χ1) is 10.5. The van der Waals surface area contributed by atoms with Crippen LogP contribution < -0.4 is 10.6 Å². The van der Waals surface area contributed by atoms with Crippen molar-refractivity contribution in [2.75, 3.05) is 0 Å². The highest BCUT2D eigenvalue weighted by Gasteiger charge is 2.22. The van der Waals surface area contributed by atoms with E-state index in [1.54, 1.807) is 0 Å². The van der Waals surface area contributed by atoms with Gasteiger partial charge in [0, 0.05) is 13.5 Å². The molecule has 2 amide bonds. The molecule has 2 rings (SSSR count). The molecule has 4 heteroatoms. The number of nitrogens with one attached hydrogen (secondary N) is 2. The lowest BCUT2D eigenvalue weighted by molar-refractivity contribution is -0.129. The first-order valence-corrected chi connectivity index (χ1v) is 7.50. The standard InChI is InChI=1S/C18H22N2O2/c1-12(2)17(20-13(3)21)18(22)19-11-14-8-9-15-6-4-5-7-16(15)10-14/h4-10,12,17H,11H2,1-3H3,(H,19,22)(H,20,21). The van der Waals surface area contributed by atoms with Gasteiger partial charge < -0.3 is 10.6 Å². The van der Waals surface area contributed by atoms with Gasteiger partial charge in [-0.25, -0.2) is 0 Å². The molecule has 0 aliphatic carbocycles. The maximum atomic E-state index is 12.2. The van der Waals surface area contributed by atoms with Crippen LogP contribution in [0.1, 0.15) is 26.3 Å². The van der Waals surface area contributed by atoms with E-state index in [1.807, 2.05) is 38.1 Å². The Morgan fingerprint density at radius 2 is 1.73 bits per heavy atom. The molecule has 2 N–H and O–H groups in total. The van der Waals surface area contributed by atoms with E-state index < -0.39 is 6.04 Å². The summed E-state index contributed by atoms with van der Waals surface area (Å²) in [4.78, 5) is 23.4. The third kappa shape index (κ3) is 4.07. The molecule has 116 valence electrons. The van der Waals surface area contributed by atoms with Crippen LogP contribution in [0.3, 0.4) is 0 Å². The van der Waals surface area contributed by atoms with E-state index in [0.29, 0.717) is 6.54 Å². The van der Waals surface area contributed by atoms with Crippen LogP contribution in [0.5, 0.6) is 0 Å². The van der Waals surface area contributed by atoms with Gasteiger partial charge in [0.1, 0.15) is 6.04 Å². The fraction of sp³-hybridized carbons (Fsp3) is 0.333. The molecule has 2 aromatic rings. The molecular weight excluding hydrogens is 276 g/mol. The molecule has 4 nitrogen and oxygen atoms in total. The molecule has 0 aliphatic rings. The van der Waals surface area contributed by atoms with Gasteiger partial charge in [0.15, 0.2) is 0 Å². The largest absolute Gasteiger partial charge is 0.350 e. The summed E-state index contributed by atoms with van der Waals surface area (Å²) in [5.74, 6) is -0.307. The molecule has 1 atom stereocenters. The first-order valence-electron chi connectivity index (χ1n) is 7.50. The number of benzene rings is 2. The maximum absolute atomic E-state index is 12.2. The molecular formula is C18H22N2O2. The van der Waals surface area contributed by atoms with Gasteiger partial charge >= 0.3 is 0 Å². The van der Waals surface area contributed by atoms with Crippen LogP contribution in [0.2, 0.25) is 0 Å². The van der Waals surface area contributed by atoms with Crippen molar-refractivity contribution in [2.24, 2.45) is 5.92 Å². The van der Waals surface area contributed by atoms with Crippen molar-refractivity contribution >= 4 is 22.6 Å². The summed E-state index contributed by atoms with van der Waals surface area (Å²) in [5.41, 5.74) is 1.04. The quantitative estimate of drug-likeness (QED) is 0.891. The van der Waals surface area contributed by atoms with Gasteiger partial charge in [-0.1, -0.05) is 50.2 Å². The smallest absolute Gasteiger partial charge is 0.243 e. The molecule has 22 heavy (non-hydrogen) atoms. The Balaban J connectivity index is 2.03. The molecule has 0 aliphatic heterocycles. The Hall–Kier alpha value is -2.36. The van der Waals surface area contributed by atoms with Crippen LogP contribution in [0.25, 0.3) is 10.8 Å². The SMILES string of the molecule is CC(=O)NC(C(=O)NCc1ccc2ccccc2c1)C(C)C. The Kier molecular flexibility index (Phi) is 5.15. The summed E-state index contributed by atoms with van der Waals surface area (Å²) in [6.07, 6.45) is 0. The lowest BCUT2D eigenvalue weighted by Gasteiger charge is -2.21. The molecule has 1 unspecified atom stereocenters. The summed E-state index contributed by atoms with van der Waals surface area (Å²) >= 11 is 0. The second-order valence-corrected chi connectivity index (χ2v) is 5.82. The molecule has 0 aromatic heterocycles. The third-order valence-electron chi connectivity index (χ3n) is 3.59. The molecule has 0 fully saturated rings. The van der Waals surface area contributed by atoms with E-state index in [9.17, 15) is 9.59 Å². The fourth-order valence-corrected chi connectivity index (χ4v) is 2.40. The zero-order valence-corrected chi connectivity index (χ0v) is 13.2. The van der Waals surface area contributed by atoms with Crippen molar-refractivity contribution in [3.63, 3.8) is 0 Å². The second kappa shape index (κ2) is 7.07. The number of carbonyl (C=O) groups is 2. The van der Waals surface area contributed by atoms with Crippen LogP contribution in [-0.2, 0) is 16.1 Å². The molecule has 2 aromatic carbocycles. The highest BCUT2D eigenvalue weighted by molar-refractivity contribution is 5.87. The zero-order chi connectivity index (χ0) is 16.1. The molecule has 0 bridgehead atoms. The topological polar surface area (TPSA) is 58.2 Å². The minimum Gasteiger partial charge on any atom is -0.350 e. The third-order valence-corrected chi connectivity index (χ3v) is 3.59. The summed E-state index contributed by atoms with van der Waals surface area (Å²) in [6, 6.07) is 13.7. The predicted molar refractivity (Wildman–Crippen MR) is 88.2 cm³/mol. The van der Waals surface area contributed by atoms with Gasteiger partial charge in [0.2, 0.25) is 11.8 Å². The van der Waals surface area contributed by atoms with Gasteiger partial charge in [-0.2, -0.15) is 0 Å². The van der Waals surface area contributed by atoms with Gasteiger partial charge in [0.25, 0.3) is 0 Å². The number of rotatable bonds is 5. The van der Waals surface area contributed by atoms with Crippen molar-refractivity contribution in [1.82, 2.24) is 10.6 Å². The lowest BCUT2D eigenvalue weighted by Crippen LogP contribution is -2.48. The first kappa shape index (κ1) is 16.0. The summed E-state index contributed by atoms with van der Waals surface area (Å²) < 4.78 is 0. The number of carbonyl (C=O) groups excluding carboxylic acids is 2. The monoisotopic (exact) mass is 298 g/mol. The summed E-state index contributed by atoms with van der Waals surface area (Å²) in [7, 11) is 0. The highest BCUT2D eigenvalue weighted by Crippen LogP contribution is 2.15. The maximum Gasteiger partial charge on any atom is 0.243 e. The lowest BCUT2D eigenvalue weighted by atomic mass is 10.0. The minimum atomic E-state index is -0.502. The summed E-state index contributed by atoms with van der Waals surface area (Å²) in [6.45, 7) is 5.70. The second-order valence-electron chi connectivity index (χ2n) is 5.82.